The number of nitrogens with zero attached hydrogens (tertiary/aromatic N) is 2. The fraction of sp³-hybridized carbons (Fsp3) is 0.389. The van der Waals surface area contributed by atoms with Crippen molar-refractivity contribution >= 4 is 17.4 Å². The van der Waals surface area contributed by atoms with Gasteiger partial charge in [0.15, 0.2) is 5.69 Å². The third-order valence-electron chi connectivity index (χ3n) is 4.06. The van der Waals surface area contributed by atoms with Crippen molar-refractivity contribution in [3.8, 4) is 0 Å². The Bertz CT molecular complexity index is 891. The lowest BCUT2D eigenvalue weighted by atomic mass is 10.1. The number of carbonyl (C=O) groups is 1. The Kier molecular flexibility index (Phi) is 5.46. The van der Waals surface area contributed by atoms with E-state index in [0.717, 1.165) is 24.0 Å². The quantitative estimate of drug-likeness (QED) is 0.863. The molecule has 134 valence electrons. The number of anilines is 2. The lowest BCUT2D eigenvalue weighted by molar-refractivity contribution is 0.0992. The Balaban J connectivity index is 2.51. The van der Waals surface area contributed by atoms with E-state index in [4.69, 9.17) is 5.73 Å². The zero-order chi connectivity index (χ0) is 18.7. The van der Waals surface area contributed by atoms with Crippen molar-refractivity contribution in [3.05, 3.63) is 55.7 Å². The van der Waals surface area contributed by atoms with Crippen LogP contribution in [0.25, 0.3) is 0 Å². The number of nitrogens with one attached hydrogen (secondary N) is 1. The summed E-state index contributed by atoms with van der Waals surface area (Å²) in [5, 5.41) is 0. The third-order valence-corrected chi connectivity index (χ3v) is 4.06. The summed E-state index contributed by atoms with van der Waals surface area (Å²) in [7, 11) is 1.48. The first-order valence-corrected chi connectivity index (χ1v) is 8.25. The monoisotopic (exact) mass is 344 g/mol. The Labute approximate surface area is 146 Å². The lowest BCUT2D eigenvalue weighted by Gasteiger charge is -2.20. The van der Waals surface area contributed by atoms with Gasteiger partial charge in [0.2, 0.25) is 0 Å². The Morgan fingerprint density at radius 1 is 1.20 bits per heavy atom. The highest BCUT2D eigenvalue weighted by molar-refractivity contribution is 6.07. The molecule has 1 amide bonds. The topological polar surface area (TPSA) is 101 Å². The predicted octanol–water partition coefficient (Wildman–Crippen LogP) is 1.81. The summed E-state index contributed by atoms with van der Waals surface area (Å²) >= 11 is 0. The van der Waals surface area contributed by atoms with Gasteiger partial charge in [0.1, 0.15) is 5.82 Å². The molecule has 0 aliphatic heterocycles. The molecule has 0 saturated heterocycles. The average Bonchev–Trinajstić information content (AvgIpc) is 2.52. The number of benzene rings is 1. The normalized spacial score (nSPS) is 10.7. The number of aryl methyl sites for hydroxylation is 2. The molecule has 25 heavy (non-hydrogen) atoms. The van der Waals surface area contributed by atoms with E-state index < -0.39 is 11.2 Å². The molecule has 1 heterocycles. The molecule has 2 rings (SSSR count). The Morgan fingerprint density at radius 3 is 2.36 bits per heavy atom. The minimum absolute atomic E-state index is 0.00225. The molecule has 2 aromatic rings. The van der Waals surface area contributed by atoms with E-state index >= 15 is 0 Å². The summed E-state index contributed by atoms with van der Waals surface area (Å²) in [5.41, 5.74) is 7.17. The highest BCUT2D eigenvalue weighted by atomic mass is 16.2. The molecule has 0 spiro atoms. The van der Waals surface area contributed by atoms with Gasteiger partial charge in [0.25, 0.3) is 11.5 Å². The number of aromatic amines is 1. The fourth-order valence-corrected chi connectivity index (χ4v) is 2.83. The minimum atomic E-state index is -0.671. The van der Waals surface area contributed by atoms with Crippen LogP contribution in [-0.4, -0.2) is 22.5 Å². The summed E-state index contributed by atoms with van der Waals surface area (Å²) in [6.07, 6.45) is 1.61. The number of amides is 1. The van der Waals surface area contributed by atoms with Crippen molar-refractivity contribution < 1.29 is 4.79 Å². The summed E-state index contributed by atoms with van der Waals surface area (Å²) in [4.78, 5) is 40.5. The van der Waals surface area contributed by atoms with Crippen molar-refractivity contribution in [2.45, 2.75) is 40.2 Å². The van der Waals surface area contributed by atoms with E-state index in [2.05, 4.69) is 4.98 Å². The van der Waals surface area contributed by atoms with Crippen LogP contribution in [0.5, 0.6) is 0 Å². The average molecular weight is 344 g/mol. The number of hydrogen-bond donors (Lipinski definition) is 2. The number of unbranched alkanes of at least 4 members (excludes halogenated alkanes) is 1. The van der Waals surface area contributed by atoms with Crippen LogP contribution in [0, 0.1) is 13.8 Å². The SMILES string of the molecule is CCCCn1c(N)c(N(C)C(=O)c2cc(C)cc(C)c2)c(=O)[nH]c1=O. The van der Waals surface area contributed by atoms with Gasteiger partial charge in [-0.15, -0.1) is 0 Å². The highest BCUT2D eigenvalue weighted by Gasteiger charge is 2.22. The highest BCUT2D eigenvalue weighted by Crippen LogP contribution is 2.19. The minimum Gasteiger partial charge on any atom is -0.383 e. The van der Waals surface area contributed by atoms with Crippen molar-refractivity contribution in [2.75, 3.05) is 17.7 Å². The van der Waals surface area contributed by atoms with E-state index in [0.29, 0.717) is 12.1 Å². The van der Waals surface area contributed by atoms with Crippen LogP contribution in [0.3, 0.4) is 0 Å². The molecule has 0 radical (unpaired) electrons. The Morgan fingerprint density at radius 2 is 1.80 bits per heavy atom. The lowest BCUT2D eigenvalue weighted by Crippen LogP contribution is -2.39. The third kappa shape index (κ3) is 3.81. The number of nitrogen functional groups attached to an aromatic ring is 1. The van der Waals surface area contributed by atoms with E-state index in [9.17, 15) is 14.4 Å². The van der Waals surface area contributed by atoms with Crippen molar-refractivity contribution in [1.82, 2.24) is 9.55 Å². The van der Waals surface area contributed by atoms with Gasteiger partial charge in [0, 0.05) is 19.2 Å². The largest absolute Gasteiger partial charge is 0.383 e. The maximum Gasteiger partial charge on any atom is 0.330 e. The molecule has 7 heteroatoms. The smallest absolute Gasteiger partial charge is 0.330 e. The van der Waals surface area contributed by atoms with Crippen molar-refractivity contribution in [2.24, 2.45) is 0 Å². The Hall–Kier alpha value is -2.83. The fourth-order valence-electron chi connectivity index (χ4n) is 2.83. The summed E-state index contributed by atoms with van der Waals surface area (Å²) in [6, 6.07) is 5.47. The molecule has 0 unspecified atom stereocenters. The number of hydrogen-bond acceptors (Lipinski definition) is 4. The summed E-state index contributed by atoms with van der Waals surface area (Å²) in [6.45, 7) is 6.17. The van der Waals surface area contributed by atoms with Gasteiger partial charge in [-0.25, -0.2) is 4.79 Å². The summed E-state index contributed by atoms with van der Waals surface area (Å²) < 4.78 is 1.30. The van der Waals surface area contributed by atoms with Gasteiger partial charge >= 0.3 is 5.69 Å². The molecule has 3 N–H and O–H groups in total. The molecule has 7 nitrogen and oxygen atoms in total. The molecule has 0 atom stereocenters. The number of rotatable bonds is 5. The molecule has 0 fully saturated rings. The van der Waals surface area contributed by atoms with Crippen LogP contribution < -0.4 is 21.9 Å². The molecule has 0 saturated carbocycles. The van der Waals surface area contributed by atoms with Crippen LogP contribution in [-0.2, 0) is 6.54 Å². The first-order valence-electron chi connectivity index (χ1n) is 8.25. The number of H-pyrrole nitrogens is 1. The molecule has 1 aromatic carbocycles. The van der Waals surface area contributed by atoms with Gasteiger partial charge in [-0.3, -0.25) is 19.1 Å². The molecular weight excluding hydrogens is 320 g/mol. The molecule has 0 bridgehead atoms. The zero-order valence-electron chi connectivity index (χ0n) is 15.0. The first kappa shape index (κ1) is 18.5. The van der Waals surface area contributed by atoms with Crippen LogP contribution >= 0.6 is 0 Å². The second-order valence-corrected chi connectivity index (χ2v) is 6.24. The number of aromatic nitrogens is 2. The van der Waals surface area contributed by atoms with Gasteiger partial charge < -0.3 is 10.6 Å². The van der Waals surface area contributed by atoms with E-state index in [1.165, 1.54) is 16.5 Å². The second-order valence-electron chi connectivity index (χ2n) is 6.24. The van der Waals surface area contributed by atoms with Crippen molar-refractivity contribution in [3.63, 3.8) is 0 Å². The molecule has 0 aliphatic rings. The maximum absolute atomic E-state index is 12.8. The second kappa shape index (κ2) is 7.38. The van der Waals surface area contributed by atoms with Gasteiger partial charge in [-0.1, -0.05) is 30.5 Å². The van der Waals surface area contributed by atoms with Crippen LogP contribution in [0.4, 0.5) is 11.5 Å². The standard InChI is InChI=1S/C18H24N4O3/c1-5-6-7-22-15(19)14(16(23)20-18(22)25)21(4)17(24)13-9-11(2)8-12(3)10-13/h8-10H,5-7,19H2,1-4H3,(H,20,23,25). The molecule has 1 aromatic heterocycles. The zero-order valence-corrected chi connectivity index (χ0v) is 15.0. The van der Waals surface area contributed by atoms with Crippen LogP contribution in [0.2, 0.25) is 0 Å². The summed E-state index contributed by atoms with van der Waals surface area (Å²) in [5.74, 6) is -0.355. The number of carbonyl (C=O) groups excluding carboxylic acids is 1. The first-order chi connectivity index (χ1) is 11.8. The maximum atomic E-state index is 12.8. The van der Waals surface area contributed by atoms with Crippen molar-refractivity contribution in [1.29, 1.82) is 0 Å². The molecular formula is C18H24N4O3. The van der Waals surface area contributed by atoms with E-state index in [1.807, 2.05) is 26.8 Å². The van der Waals surface area contributed by atoms with Gasteiger partial charge in [-0.2, -0.15) is 0 Å². The molecule has 0 aliphatic carbocycles. The van der Waals surface area contributed by atoms with E-state index in [1.54, 1.807) is 12.1 Å². The predicted molar refractivity (Wildman–Crippen MR) is 99.3 cm³/mol. The van der Waals surface area contributed by atoms with Crippen LogP contribution in [0.1, 0.15) is 41.3 Å². The van der Waals surface area contributed by atoms with E-state index in [-0.39, 0.29) is 17.4 Å². The van der Waals surface area contributed by atoms with Gasteiger partial charge in [-0.05, 0) is 32.4 Å². The van der Waals surface area contributed by atoms with Gasteiger partial charge in [0.05, 0.1) is 0 Å². The van der Waals surface area contributed by atoms with Crippen LogP contribution in [0.15, 0.2) is 27.8 Å². The number of nitrogens with two attached hydrogens (primary N) is 1.